The maximum atomic E-state index is 9.78. The quantitative estimate of drug-likeness (QED) is 0.822. The highest BCUT2D eigenvalue weighted by Crippen LogP contribution is 2.13. The molecule has 0 radical (unpaired) electrons. The summed E-state index contributed by atoms with van der Waals surface area (Å²) >= 11 is 0. The van der Waals surface area contributed by atoms with E-state index in [1.165, 1.54) is 0 Å². The van der Waals surface area contributed by atoms with Crippen LogP contribution in [0.1, 0.15) is 26.3 Å². The van der Waals surface area contributed by atoms with Crippen LogP contribution < -0.4 is 10.1 Å². The summed E-state index contributed by atoms with van der Waals surface area (Å²) < 4.78 is 5.45. The van der Waals surface area contributed by atoms with Crippen molar-refractivity contribution in [2.75, 3.05) is 19.7 Å². The third-order valence-corrected chi connectivity index (χ3v) is 2.44. The minimum Gasteiger partial charge on any atom is -0.491 e. The van der Waals surface area contributed by atoms with E-state index in [-0.39, 0.29) is 12.0 Å². The molecule has 4 nitrogen and oxygen atoms in total. The van der Waals surface area contributed by atoms with Gasteiger partial charge in [-0.3, -0.25) is 0 Å². The first-order valence-corrected chi connectivity index (χ1v) is 6.42. The number of aliphatic hydroxyl groups is 1. The molecule has 1 rings (SSSR count). The minimum atomic E-state index is -0.562. The van der Waals surface area contributed by atoms with E-state index in [1.54, 1.807) is 24.3 Å². The van der Waals surface area contributed by atoms with Gasteiger partial charge in [0.2, 0.25) is 0 Å². The Morgan fingerprint density at radius 2 is 2.16 bits per heavy atom. The summed E-state index contributed by atoms with van der Waals surface area (Å²) in [6, 6.07) is 8.97. The molecule has 1 aromatic rings. The van der Waals surface area contributed by atoms with Gasteiger partial charge < -0.3 is 15.2 Å². The van der Waals surface area contributed by atoms with E-state index in [1.807, 2.05) is 0 Å². The largest absolute Gasteiger partial charge is 0.491 e. The lowest BCUT2D eigenvalue weighted by atomic mass is 9.97. The van der Waals surface area contributed by atoms with Gasteiger partial charge in [0.05, 0.1) is 11.6 Å². The van der Waals surface area contributed by atoms with Crippen LogP contribution in [0.15, 0.2) is 24.3 Å². The first-order valence-electron chi connectivity index (χ1n) is 6.42. The summed E-state index contributed by atoms with van der Waals surface area (Å²) in [6.07, 6.45) is -0.562. The lowest BCUT2D eigenvalue weighted by Crippen LogP contribution is -2.36. The second kappa shape index (κ2) is 7.13. The molecule has 1 unspecified atom stereocenters. The van der Waals surface area contributed by atoms with Crippen LogP contribution in [-0.2, 0) is 0 Å². The first kappa shape index (κ1) is 15.5. The van der Waals surface area contributed by atoms with Gasteiger partial charge in [-0.2, -0.15) is 5.26 Å². The summed E-state index contributed by atoms with van der Waals surface area (Å²) in [4.78, 5) is 0. The van der Waals surface area contributed by atoms with Crippen molar-refractivity contribution in [2.24, 2.45) is 5.41 Å². The van der Waals surface area contributed by atoms with E-state index in [9.17, 15) is 5.11 Å². The highest BCUT2D eigenvalue weighted by Gasteiger charge is 2.11. The zero-order valence-electron chi connectivity index (χ0n) is 11.8. The Bertz CT molecular complexity index is 433. The van der Waals surface area contributed by atoms with E-state index < -0.39 is 6.10 Å². The highest BCUT2D eigenvalue weighted by molar-refractivity contribution is 5.36. The predicted molar refractivity (Wildman–Crippen MR) is 75.0 cm³/mol. The van der Waals surface area contributed by atoms with Crippen molar-refractivity contribution in [3.8, 4) is 11.8 Å². The molecule has 0 saturated heterocycles. The van der Waals surface area contributed by atoms with Crippen LogP contribution >= 0.6 is 0 Å². The van der Waals surface area contributed by atoms with Gasteiger partial charge in [0.15, 0.2) is 0 Å². The number of hydrogen-bond donors (Lipinski definition) is 2. The van der Waals surface area contributed by atoms with Crippen molar-refractivity contribution in [1.82, 2.24) is 5.32 Å². The standard InChI is InChI=1S/C15H22N2O2/c1-15(2,3)11-17-9-13(18)10-19-14-6-4-5-12(7-14)8-16/h4-7,13,17-18H,9-11H2,1-3H3. The summed E-state index contributed by atoms with van der Waals surface area (Å²) in [7, 11) is 0. The van der Waals surface area contributed by atoms with E-state index in [4.69, 9.17) is 10.00 Å². The number of ether oxygens (including phenoxy) is 1. The average molecular weight is 262 g/mol. The van der Waals surface area contributed by atoms with Gasteiger partial charge >= 0.3 is 0 Å². The fourth-order valence-corrected chi connectivity index (χ4v) is 1.52. The summed E-state index contributed by atoms with van der Waals surface area (Å²) in [5, 5.41) is 21.7. The molecule has 0 aromatic heterocycles. The van der Waals surface area contributed by atoms with Gasteiger partial charge in [0.25, 0.3) is 0 Å². The summed E-state index contributed by atoms with van der Waals surface area (Å²) in [5.41, 5.74) is 0.750. The van der Waals surface area contributed by atoms with Crippen LogP contribution in [0.3, 0.4) is 0 Å². The van der Waals surface area contributed by atoms with Gasteiger partial charge in [-0.25, -0.2) is 0 Å². The van der Waals surface area contributed by atoms with Crippen molar-refractivity contribution >= 4 is 0 Å². The number of hydrogen-bond acceptors (Lipinski definition) is 4. The zero-order chi connectivity index (χ0) is 14.3. The molecule has 0 amide bonds. The zero-order valence-corrected chi connectivity index (χ0v) is 11.8. The Morgan fingerprint density at radius 3 is 2.79 bits per heavy atom. The molecule has 0 spiro atoms. The van der Waals surface area contributed by atoms with Crippen LogP contribution in [0.4, 0.5) is 0 Å². The van der Waals surface area contributed by atoms with Gasteiger partial charge in [0.1, 0.15) is 18.5 Å². The SMILES string of the molecule is CC(C)(C)CNCC(O)COc1cccc(C#N)c1. The van der Waals surface area contributed by atoms with Gasteiger partial charge in [-0.05, 0) is 23.6 Å². The molecule has 0 fully saturated rings. The molecule has 4 heteroatoms. The van der Waals surface area contributed by atoms with Crippen LogP contribution in [0.5, 0.6) is 5.75 Å². The molecular weight excluding hydrogens is 240 g/mol. The minimum absolute atomic E-state index is 0.196. The normalized spacial score (nSPS) is 12.8. The van der Waals surface area contributed by atoms with Crippen molar-refractivity contribution in [1.29, 1.82) is 5.26 Å². The maximum absolute atomic E-state index is 9.78. The Morgan fingerprint density at radius 1 is 1.42 bits per heavy atom. The van der Waals surface area contributed by atoms with Crippen LogP contribution in [0, 0.1) is 16.7 Å². The van der Waals surface area contributed by atoms with Crippen molar-refractivity contribution < 1.29 is 9.84 Å². The second-order valence-corrected chi connectivity index (χ2v) is 5.80. The van der Waals surface area contributed by atoms with E-state index in [0.717, 1.165) is 6.54 Å². The van der Waals surface area contributed by atoms with Crippen molar-refractivity contribution in [3.05, 3.63) is 29.8 Å². The monoisotopic (exact) mass is 262 g/mol. The molecule has 0 aliphatic heterocycles. The first-order chi connectivity index (χ1) is 8.90. The lowest BCUT2D eigenvalue weighted by molar-refractivity contribution is 0.104. The fraction of sp³-hybridized carbons (Fsp3) is 0.533. The average Bonchev–Trinajstić information content (AvgIpc) is 2.35. The van der Waals surface area contributed by atoms with Crippen molar-refractivity contribution in [3.63, 3.8) is 0 Å². The molecule has 19 heavy (non-hydrogen) atoms. The molecule has 0 heterocycles. The lowest BCUT2D eigenvalue weighted by Gasteiger charge is -2.20. The van der Waals surface area contributed by atoms with Gasteiger partial charge in [-0.15, -0.1) is 0 Å². The van der Waals surface area contributed by atoms with Crippen LogP contribution in [0.25, 0.3) is 0 Å². The highest BCUT2D eigenvalue weighted by atomic mass is 16.5. The molecule has 0 saturated carbocycles. The van der Waals surface area contributed by atoms with Crippen LogP contribution in [0.2, 0.25) is 0 Å². The number of nitriles is 1. The third-order valence-electron chi connectivity index (χ3n) is 2.44. The van der Waals surface area contributed by atoms with E-state index in [2.05, 4.69) is 32.2 Å². The number of benzene rings is 1. The van der Waals surface area contributed by atoms with Gasteiger partial charge in [-0.1, -0.05) is 26.8 Å². The van der Waals surface area contributed by atoms with Gasteiger partial charge in [0, 0.05) is 13.1 Å². The van der Waals surface area contributed by atoms with Crippen LogP contribution in [-0.4, -0.2) is 30.9 Å². The number of aliphatic hydroxyl groups excluding tert-OH is 1. The fourth-order valence-electron chi connectivity index (χ4n) is 1.52. The molecule has 104 valence electrons. The molecule has 0 aliphatic rings. The number of rotatable bonds is 6. The molecule has 0 bridgehead atoms. The Kier molecular flexibility index (Phi) is 5.81. The maximum Gasteiger partial charge on any atom is 0.120 e. The Hall–Kier alpha value is -1.57. The molecular formula is C15H22N2O2. The topological polar surface area (TPSA) is 65.3 Å². The summed E-state index contributed by atoms with van der Waals surface area (Å²) in [6.45, 7) is 7.96. The third kappa shape index (κ3) is 6.80. The molecule has 1 atom stereocenters. The predicted octanol–water partition coefficient (Wildman–Crippen LogP) is 1.93. The van der Waals surface area contributed by atoms with E-state index >= 15 is 0 Å². The smallest absolute Gasteiger partial charge is 0.120 e. The second-order valence-electron chi connectivity index (χ2n) is 5.80. The van der Waals surface area contributed by atoms with Crippen molar-refractivity contribution in [2.45, 2.75) is 26.9 Å². The number of nitrogens with one attached hydrogen (secondary N) is 1. The Labute approximate surface area is 115 Å². The van der Waals surface area contributed by atoms with E-state index in [0.29, 0.717) is 17.9 Å². The number of nitrogens with zero attached hydrogens (tertiary/aromatic N) is 1. The molecule has 1 aromatic carbocycles. The molecule has 2 N–H and O–H groups in total. The molecule has 0 aliphatic carbocycles. The summed E-state index contributed by atoms with van der Waals surface area (Å²) in [5.74, 6) is 0.605. The Balaban J connectivity index is 2.30.